The second kappa shape index (κ2) is 8.18. The standard InChI is InChI=1S/C19H28N2O3/c1-5-21-17(22)12-11-16(19(23)20-13(3)4)18(21)14-7-9-15(10-8-14)24-6-2/h7-10,13,16,18H,5-6,11-12H2,1-4H3,(H,20,23)/t16-,18+/m1/s1. The average molecular weight is 332 g/mol. The molecule has 1 aliphatic rings. The monoisotopic (exact) mass is 332 g/mol. The summed E-state index contributed by atoms with van der Waals surface area (Å²) in [5, 5.41) is 3.00. The van der Waals surface area contributed by atoms with E-state index in [2.05, 4.69) is 5.32 Å². The van der Waals surface area contributed by atoms with Gasteiger partial charge < -0.3 is 15.0 Å². The lowest BCUT2D eigenvalue weighted by molar-refractivity contribution is -0.143. The number of benzene rings is 1. The maximum absolute atomic E-state index is 12.7. The van der Waals surface area contributed by atoms with Gasteiger partial charge >= 0.3 is 0 Å². The van der Waals surface area contributed by atoms with Crippen molar-refractivity contribution in [2.24, 2.45) is 5.92 Å². The fraction of sp³-hybridized carbons (Fsp3) is 0.579. The molecule has 5 heteroatoms. The zero-order chi connectivity index (χ0) is 17.7. The minimum Gasteiger partial charge on any atom is -0.494 e. The lowest BCUT2D eigenvalue weighted by Gasteiger charge is -2.40. The Morgan fingerprint density at radius 2 is 1.96 bits per heavy atom. The molecule has 1 aromatic rings. The molecule has 2 amide bonds. The summed E-state index contributed by atoms with van der Waals surface area (Å²) in [6, 6.07) is 7.61. The number of piperidine rings is 1. The van der Waals surface area contributed by atoms with E-state index in [4.69, 9.17) is 4.74 Å². The van der Waals surface area contributed by atoms with Crippen molar-refractivity contribution < 1.29 is 14.3 Å². The Kier molecular flexibility index (Phi) is 6.23. The Morgan fingerprint density at radius 1 is 1.29 bits per heavy atom. The first kappa shape index (κ1) is 18.3. The van der Waals surface area contributed by atoms with Gasteiger partial charge in [0.15, 0.2) is 0 Å². The van der Waals surface area contributed by atoms with Gasteiger partial charge in [0.2, 0.25) is 11.8 Å². The summed E-state index contributed by atoms with van der Waals surface area (Å²) in [7, 11) is 0. The van der Waals surface area contributed by atoms with Crippen LogP contribution in [0.2, 0.25) is 0 Å². The Hall–Kier alpha value is -2.04. The predicted molar refractivity (Wildman–Crippen MR) is 93.7 cm³/mol. The highest BCUT2D eigenvalue weighted by Gasteiger charge is 2.39. The summed E-state index contributed by atoms with van der Waals surface area (Å²) < 4.78 is 5.49. The Labute approximate surface area is 144 Å². The first-order valence-corrected chi connectivity index (χ1v) is 8.80. The quantitative estimate of drug-likeness (QED) is 0.871. The molecule has 0 unspecified atom stereocenters. The summed E-state index contributed by atoms with van der Waals surface area (Å²) >= 11 is 0. The highest BCUT2D eigenvalue weighted by atomic mass is 16.5. The Balaban J connectivity index is 2.32. The van der Waals surface area contributed by atoms with Crippen molar-refractivity contribution in [3.63, 3.8) is 0 Å². The smallest absolute Gasteiger partial charge is 0.225 e. The second-order valence-corrected chi connectivity index (χ2v) is 6.44. The lowest BCUT2D eigenvalue weighted by Crippen LogP contribution is -2.49. The van der Waals surface area contributed by atoms with Crippen molar-refractivity contribution in [3.8, 4) is 5.75 Å². The molecule has 132 valence electrons. The fourth-order valence-corrected chi connectivity index (χ4v) is 3.33. The van der Waals surface area contributed by atoms with E-state index in [9.17, 15) is 9.59 Å². The molecule has 2 atom stereocenters. The maximum Gasteiger partial charge on any atom is 0.225 e. The molecule has 24 heavy (non-hydrogen) atoms. The summed E-state index contributed by atoms with van der Waals surface area (Å²) in [5.41, 5.74) is 0.984. The van der Waals surface area contributed by atoms with Crippen molar-refractivity contribution in [2.45, 2.75) is 52.6 Å². The van der Waals surface area contributed by atoms with Gasteiger partial charge in [-0.1, -0.05) is 12.1 Å². The van der Waals surface area contributed by atoms with Crippen LogP contribution in [0, 0.1) is 5.92 Å². The van der Waals surface area contributed by atoms with Gasteiger partial charge in [-0.25, -0.2) is 0 Å². The second-order valence-electron chi connectivity index (χ2n) is 6.44. The van der Waals surface area contributed by atoms with Gasteiger partial charge in [-0.15, -0.1) is 0 Å². The molecule has 1 fully saturated rings. The maximum atomic E-state index is 12.7. The van der Waals surface area contributed by atoms with E-state index in [1.54, 1.807) is 0 Å². The third kappa shape index (κ3) is 4.08. The van der Waals surface area contributed by atoms with Gasteiger partial charge in [0.1, 0.15) is 5.75 Å². The first-order chi connectivity index (χ1) is 11.5. The van der Waals surface area contributed by atoms with Gasteiger partial charge in [-0.2, -0.15) is 0 Å². The summed E-state index contributed by atoms with van der Waals surface area (Å²) in [6.07, 6.45) is 1.02. The molecule has 0 radical (unpaired) electrons. The highest BCUT2D eigenvalue weighted by Crippen LogP contribution is 2.37. The molecule has 1 aromatic carbocycles. The van der Waals surface area contributed by atoms with E-state index in [-0.39, 0.29) is 29.8 Å². The Morgan fingerprint density at radius 3 is 2.50 bits per heavy atom. The first-order valence-electron chi connectivity index (χ1n) is 8.80. The van der Waals surface area contributed by atoms with Crippen LogP contribution in [0.15, 0.2) is 24.3 Å². The van der Waals surface area contributed by atoms with Crippen LogP contribution in [0.1, 0.15) is 52.1 Å². The van der Waals surface area contributed by atoms with E-state index in [1.165, 1.54) is 0 Å². The SMILES string of the molecule is CCOc1ccc([C@H]2[C@H](C(=O)NC(C)C)CCC(=O)N2CC)cc1. The molecular formula is C19H28N2O3. The van der Waals surface area contributed by atoms with E-state index < -0.39 is 0 Å². The number of likely N-dealkylation sites (tertiary alicyclic amines) is 1. The van der Waals surface area contributed by atoms with Crippen LogP contribution in [-0.4, -0.2) is 35.9 Å². The molecule has 0 spiro atoms. The average Bonchev–Trinajstić information content (AvgIpc) is 2.55. The van der Waals surface area contributed by atoms with Gasteiger partial charge in [-0.3, -0.25) is 9.59 Å². The van der Waals surface area contributed by atoms with E-state index >= 15 is 0 Å². The number of hydrogen-bond acceptors (Lipinski definition) is 3. The minimum atomic E-state index is -0.219. The van der Waals surface area contributed by atoms with Crippen LogP contribution in [0.3, 0.4) is 0 Å². The molecule has 1 heterocycles. The van der Waals surface area contributed by atoms with E-state index in [1.807, 2.05) is 56.9 Å². The van der Waals surface area contributed by atoms with Crippen LogP contribution >= 0.6 is 0 Å². The molecular weight excluding hydrogens is 304 g/mol. The number of hydrogen-bond donors (Lipinski definition) is 1. The molecule has 1 saturated heterocycles. The number of amides is 2. The van der Waals surface area contributed by atoms with Gasteiger partial charge in [0, 0.05) is 19.0 Å². The van der Waals surface area contributed by atoms with Crippen LogP contribution in [0.25, 0.3) is 0 Å². The van der Waals surface area contributed by atoms with E-state index in [0.29, 0.717) is 26.0 Å². The molecule has 0 saturated carbocycles. The molecule has 1 N–H and O–H groups in total. The van der Waals surface area contributed by atoms with Crippen molar-refractivity contribution in [1.29, 1.82) is 0 Å². The van der Waals surface area contributed by atoms with Crippen LogP contribution in [0.4, 0.5) is 0 Å². The number of ether oxygens (including phenoxy) is 1. The highest BCUT2D eigenvalue weighted by molar-refractivity contribution is 5.85. The molecule has 0 aliphatic carbocycles. The van der Waals surface area contributed by atoms with Crippen molar-refractivity contribution in [2.75, 3.05) is 13.2 Å². The van der Waals surface area contributed by atoms with E-state index in [0.717, 1.165) is 11.3 Å². The van der Waals surface area contributed by atoms with Gasteiger partial charge in [0.25, 0.3) is 0 Å². The summed E-state index contributed by atoms with van der Waals surface area (Å²) in [5.74, 6) is 0.720. The van der Waals surface area contributed by atoms with Crippen LogP contribution in [-0.2, 0) is 9.59 Å². The molecule has 0 bridgehead atoms. The van der Waals surface area contributed by atoms with Crippen LogP contribution < -0.4 is 10.1 Å². The van der Waals surface area contributed by atoms with Gasteiger partial charge in [-0.05, 0) is 51.8 Å². The van der Waals surface area contributed by atoms with Crippen molar-refractivity contribution >= 4 is 11.8 Å². The number of nitrogens with one attached hydrogen (secondary N) is 1. The largest absolute Gasteiger partial charge is 0.494 e. The number of carbonyl (C=O) groups excluding carboxylic acids is 2. The topological polar surface area (TPSA) is 58.6 Å². The summed E-state index contributed by atoms with van der Waals surface area (Å²) in [6.45, 7) is 9.02. The minimum absolute atomic E-state index is 0.0230. The third-order valence-electron chi connectivity index (χ3n) is 4.35. The number of carbonyl (C=O) groups is 2. The van der Waals surface area contributed by atoms with Gasteiger partial charge in [0.05, 0.1) is 18.6 Å². The normalized spacial score (nSPS) is 21.0. The van der Waals surface area contributed by atoms with Crippen LogP contribution in [0.5, 0.6) is 5.75 Å². The zero-order valence-corrected chi connectivity index (χ0v) is 15.0. The summed E-state index contributed by atoms with van der Waals surface area (Å²) in [4.78, 5) is 26.8. The van der Waals surface area contributed by atoms with Crippen molar-refractivity contribution in [3.05, 3.63) is 29.8 Å². The lowest BCUT2D eigenvalue weighted by atomic mass is 9.83. The molecule has 0 aromatic heterocycles. The van der Waals surface area contributed by atoms with Crippen molar-refractivity contribution in [1.82, 2.24) is 10.2 Å². The number of nitrogens with zero attached hydrogens (tertiary/aromatic N) is 1. The molecule has 5 nitrogen and oxygen atoms in total. The Bertz CT molecular complexity index is 568. The third-order valence-corrected chi connectivity index (χ3v) is 4.35. The number of rotatable bonds is 6. The molecule has 2 rings (SSSR count). The predicted octanol–water partition coefficient (Wildman–Crippen LogP) is 2.91. The zero-order valence-electron chi connectivity index (χ0n) is 15.0. The fourth-order valence-electron chi connectivity index (χ4n) is 3.33. The molecule has 1 aliphatic heterocycles.